The summed E-state index contributed by atoms with van der Waals surface area (Å²) in [4.78, 5) is 4.02. The van der Waals surface area contributed by atoms with E-state index in [1.807, 2.05) is 23.5 Å². The molecule has 0 bridgehead atoms. The van der Waals surface area contributed by atoms with Gasteiger partial charge in [-0.05, 0) is 41.1 Å². The Labute approximate surface area is 117 Å². The van der Waals surface area contributed by atoms with E-state index in [1.165, 1.54) is 17.5 Å². The molecule has 1 aromatic carbocycles. The smallest absolute Gasteiger partial charge is 0.141 e. The molecule has 1 aromatic heterocycles. The molecule has 0 unspecified atom stereocenters. The molecule has 0 saturated heterocycles. The van der Waals surface area contributed by atoms with Crippen molar-refractivity contribution >= 4 is 17.0 Å². The van der Waals surface area contributed by atoms with Gasteiger partial charge in [0.25, 0.3) is 0 Å². The van der Waals surface area contributed by atoms with Crippen molar-refractivity contribution < 1.29 is 4.74 Å². The third-order valence-electron chi connectivity index (χ3n) is 3.59. The number of hydrogen-bond donors (Lipinski definition) is 1. The van der Waals surface area contributed by atoms with Crippen molar-refractivity contribution in [2.75, 3.05) is 19.4 Å². The molecule has 0 aliphatic carbocycles. The number of rotatable bonds is 3. The average molecular weight is 274 g/mol. The van der Waals surface area contributed by atoms with E-state index in [4.69, 9.17) is 10.5 Å². The van der Waals surface area contributed by atoms with Crippen molar-refractivity contribution in [2.24, 2.45) is 0 Å². The molecule has 2 heterocycles. The number of methoxy groups -OCH3 is 1. The maximum atomic E-state index is 5.96. The molecule has 0 spiro atoms. The Morgan fingerprint density at radius 2 is 2.26 bits per heavy atom. The second-order valence-corrected chi connectivity index (χ2v) is 5.91. The number of anilines is 1. The summed E-state index contributed by atoms with van der Waals surface area (Å²) in [7, 11) is 1.65. The standard InChI is InChI=1S/C15H18N2OS/c1-18-14-3-2-11(8-13(14)16)9-17-6-4-15-12(10-17)5-7-19-15/h2-3,5,7-8H,4,6,9-10,16H2,1H3. The summed E-state index contributed by atoms with van der Waals surface area (Å²) in [5.74, 6) is 0.752. The fourth-order valence-electron chi connectivity index (χ4n) is 2.58. The van der Waals surface area contributed by atoms with Gasteiger partial charge in [-0.15, -0.1) is 11.3 Å². The van der Waals surface area contributed by atoms with Gasteiger partial charge >= 0.3 is 0 Å². The van der Waals surface area contributed by atoms with Gasteiger partial charge in [0.15, 0.2) is 0 Å². The van der Waals surface area contributed by atoms with E-state index >= 15 is 0 Å². The van der Waals surface area contributed by atoms with Gasteiger partial charge in [-0.2, -0.15) is 0 Å². The monoisotopic (exact) mass is 274 g/mol. The molecule has 0 fully saturated rings. The summed E-state index contributed by atoms with van der Waals surface area (Å²) in [6.45, 7) is 3.12. The summed E-state index contributed by atoms with van der Waals surface area (Å²) < 4.78 is 5.19. The highest BCUT2D eigenvalue weighted by molar-refractivity contribution is 7.10. The lowest BCUT2D eigenvalue weighted by molar-refractivity contribution is 0.247. The van der Waals surface area contributed by atoms with Gasteiger partial charge in [0.1, 0.15) is 5.75 Å². The Morgan fingerprint density at radius 3 is 3.05 bits per heavy atom. The van der Waals surface area contributed by atoms with Gasteiger partial charge in [-0.1, -0.05) is 6.07 Å². The van der Waals surface area contributed by atoms with E-state index in [1.54, 1.807) is 12.0 Å². The zero-order valence-electron chi connectivity index (χ0n) is 11.1. The molecule has 19 heavy (non-hydrogen) atoms. The Hall–Kier alpha value is -1.52. The van der Waals surface area contributed by atoms with Crippen LogP contribution in [-0.4, -0.2) is 18.6 Å². The summed E-state index contributed by atoms with van der Waals surface area (Å²) in [6.07, 6.45) is 1.17. The molecule has 100 valence electrons. The molecule has 1 aliphatic heterocycles. The molecule has 2 N–H and O–H groups in total. The fraction of sp³-hybridized carbons (Fsp3) is 0.333. The number of nitrogen functional groups attached to an aromatic ring is 1. The SMILES string of the molecule is COc1ccc(CN2CCc3sccc3C2)cc1N. The maximum Gasteiger partial charge on any atom is 0.141 e. The average Bonchev–Trinajstić information content (AvgIpc) is 2.86. The Kier molecular flexibility index (Phi) is 3.44. The Morgan fingerprint density at radius 1 is 1.37 bits per heavy atom. The first-order valence-electron chi connectivity index (χ1n) is 6.46. The van der Waals surface area contributed by atoms with Crippen molar-refractivity contribution in [3.8, 4) is 5.75 Å². The van der Waals surface area contributed by atoms with Crippen molar-refractivity contribution in [1.29, 1.82) is 0 Å². The van der Waals surface area contributed by atoms with Crippen LogP contribution in [0.2, 0.25) is 0 Å². The van der Waals surface area contributed by atoms with Gasteiger partial charge in [-0.3, -0.25) is 4.90 Å². The van der Waals surface area contributed by atoms with Crippen LogP contribution >= 0.6 is 11.3 Å². The minimum Gasteiger partial charge on any atom is -0.495 e. The van der Waals surface area contributed by atoms with Crippen molar-refractivity contribution in [2.45, 2.75) is 19.5 Å². The molecule has 0 saturated carbocycles. The number of ether oxygens (including phenoxy) is 1. The number of fused-ring (bicyclic) bond motifs is 1. The predicted molar refractivity (Wildman–Crippen MR) is 79.5 cm³/mol. The minimum absolute atomic E-state index is 0.716. The van der Waals surface area contributed by atoms with Crippen LogP contribution in [-0.2, 0) is 19.5 Å². The first-order chi connectivity index (χ1) is 9.26. The molecular formula is C15H18N2OS. The molecule has 0 amide bonds. The fourth-order valence-corrected chi connectivity index (χ4v) is 3.47. The molecule has 3 nitrogen and oxygen atoms in total. The van der Waals surface area contributed by atoms with Crippen molar-refractivity contribution in [3.63, 3.8) is 0 Å². The van der Waals surface area contributed by atoms with Gasteiger partial charge < -0.3 is 10.5 Å². The molecule has 2 aromatic rings. The number of benzene rings is 1. The van der Waals surface area contributed by atoms with Crippen molar-refractivity contribution in [1.82, 2.24) is 4.90 Å². The molecule has 0 atom stereocenters. The molecule has 1 aliphatic rings. The highest BCUT2D eigenvalue weighted by Crippen LogP contribution is 2.27. The zero-order chi connectivity index (χ0) is 13.2. The number of hydrogen-bond acceptors (Lipinski definition) is 4. The number of nitrogens with two attached hydrogens (primary N) is 1. The first kappa shape index (κ1) is 12.5. The number of nitrogens with zero attached hydrogens (tertiary/aromatic N) is 1. The lowest BCUT2D eigenvalue weighted by Crippen LogP contribution is -2.29. The van der Waals surface area contributed by atoms with E-state index in [0.717, 1.165) is 25.4 Å². The van der Waals surface area contributed by atoms with Crippen LogP contribution in [0.15, 0.2) is 29.6 Å². The summed E-state index contributed by atoms with van der Waals surface area (Å²) in [5, 5.41) is 2.19. The lowest BCUT2D eigenvalue weighted by atomic mass is 10.1. The second-order valence-electron chi connectivity index (χ2n) is 4.91. The van der Waals surface area contributed by atoms with E-state index in [9.17, 15) is 0 Å². The zero-order valence-corrected chi connectivity index (χ0v) is 11.9. The van der Waals surface area contributed by atoms with Crippen LogP contribution in [0.25, 0.3) is 0 Å². The van der Waals surface area contributed by atoms with Gasteiger partial charge in [-0.25, -0.2) is 0 Å². The topological polar surface area (TPSA) is 38.5 Å². The molecule has 0 radical (unpaired) electrons. The summed E-state index contributed by atoms with van der Waals surface area (Å²) >= 11 is 1.88. The van der Waals surface area contributed by atoms with Gasteiger partial charge in [0.05, 0.1) is 12.8 Å². The molecule has 4 heteroatoms. The van der Waals surface area contributed by atoms with E-state index in [2.05, 4.69) is 22.4 Å². The van der Waals surface area contributed by atoms with Crippen LogP contribution in [0, 0.1) is 0 Å². The Balaban J connectivity index is 1.71. The van der Waals surface area contributed by atoms with Crippen molar-refractivity contribution in [3.05, 3.63) is 45.6 Å². The van der Waals surface area contributed by atoms with Gasteiger partial charge in [0.2, 0.25) is 0 Å². The predicted octanol–water partition coefficient (Wildman–Crippen LogP) is 2.90. The lowest BCUT2D eigenvalue weighted by Gasteiger charge is -2.27. The largest absolute Gasteiger partial charge is 0.495 e. The highest BCUT2D eigenvalue weighted by atomic mass is 32.1. The maximum absolute atomic E-state index is 5.96. The van der Waals surface area contributed by atoms with E-state index < -0.39 is 0 Å². The molecule has 3 rings (SSSR count). The second kappa shape index (κ2) is 5.23. The molecular weight excluding hydrogens is 256 g/mol. The van der Waals surface area contributed by atoms with E-state index in [0.29, 0.717) is 5.69 Å². The van der Waals surface area contributed by atoms with Crippen LogP contribution in [0.4, 0.5) is 5.69 Å². The van der Waals surface area contributed by atoms with Crippen LogP contribution in [0.1, 0.15) is 16.0 Å². The summed E-state index contributed by atoms with van der Waals surface area (Å²) in [5.41, 5.74) is 9.40. The Bertz CT molecular complexity index is 579. The number of thiophene rings is 1. The minimum atomic E-state index is 0.716. The third-order valence-corrected chi connectivity index (χ3v) is 4.61. The van der Waals surface area contributed by atoms with Crippen LogP contribution in [0.5, 0.6) is 5.75 Å². The first-order valence-corrected chi connectivity index (χ1v) is 7.34. The normalized spacial score (nSPS) is 15.2. The van der Waals surface area contributed by atoms with Gasteiger partial charge in [0, 0.05) is 24.5 Å². The summed E-state index contributed by atoms with van der Waals surface area (Å²) in [6, 6.07) is 8.31. The van der Waals surface area contributed by atoms with Crippen LogP contribution in [0.3, 0.4) is 0 Å². The quantitative estimate of drug-likeness (QED) is 0.875. The van der Waals surface area contributed by atoms with Crippen LogP contribution < -0.4 is 10.5 Å². The highest BCUT2D eigenvalue weighted by Gasteiger charge is 2.17. The third kappa shape index (κ3) is 2.60. The van der Waals surface area contributed by atoms with E-state index in [-0.39, 0.29) is 0 Å².